The third-order valence-electron chi connectivity index (χ3n) is 5.14. The highest BCUT2D eigenvalue weighted by molar-refractivity contribution is 7.90. The third-order valence-corrected chi connectivity index (χ3v) is 6.23. The van der Waals surface area contributed by atoms with Gasteiger partial charge >= 0.3 is 5.97 Å². The van der Waals surface area contributed by atoms with E-state index in [0.717, 1.165) is 11.8 Å². The average molecular weight is 387 g/mol. The lowest BCUT2D eigenvalue weighted by molar-refractivity contribution is -0.138. The van der Waals surface area contributed by atoms with Crippen LogP contribution in [0.1, 0.15) is 51.0 Å². The molecule has 1 aliphatic rings. The number of carboxylic acids is 1. The van der Waals surface area contributed by atoms with E-state index in [2.05, 4.69) is 5.32 Å². The second-order valence-corrected chi connectivity index (χ2v) is 8.98. The molecule has 0 heterocycles. The van der Waals surface area contributed by atoms with Gasteiger partial charge in [-0.05, 0) is 54.7 Å². The molecule has 0 aliphatic heterocycles. The summed E-state index contributed by atoms with van der Waals surface area (Å²) in [4.78, 5) is 24.5. The smallest absolute Gasteiger partial charge is 0.311 e. The number of sulfone groups is 1. The Morgan fingerprint density at radius 1 is 1.11 bits per heavy atom. The van der Waals surface area contributed by atoms with E-state index in [1.54, 1.807) is 32.0 Å². The minimum atomic E-state index is -3.45. The van der Waals surface area contributed by atoms with Crippen LogP contribution in [0.25, 0.3) is 0 Å². The first kappa shape index (κ1) is 19.1. The van der Waals surface area contributed by atoms with Crippen LogP contribution in [0.2, 0.25) is 0 Å². The van der Waals surface area contributed by atoms with Crippen molar-refractivity contribution in [3.05, 3.63) is 64.2 Å². The van der Waals surface area contributed by atoms with E-state index in [4.69, 9.17) is 0 Å². The van der Waals surface area contributed by atoms with Crippen molar-refractivity contribution in [2.75, 3.05) is 6.26 Å². The average Bonchev–Trinajstić information content (AvgIpc) is 2.95. The molecule has 2 aromatic rings. The summed E-state index contributed by atoms with van der Waals surface area (Å²) in [6, 6.07) is 9.66. The summed E-state index contributed by atoms with van der Waals surface area (Å²) in [5.41, 5.74) is 3.17. The Kier molecular flexibility index (Phi) is 4.82. The molecule has 0 radical (unpaired) electrons. The van der Waals surface area contributed by atoms with Crippen LogP contribution in [0.15, 0.2) is 41.3 Å². The fraction of sp³-hybridized carbons (Fsp3) is 0.300. The monoisotopic (exact) mass is 387 g/mol. The third kappa shape index (κ3) is 3.60. The lowest BCUT2D eigenvalue weighted by atomic mass is 10.0. The van der Waals surface area contributed by atoms with E-state index in [1.165, 1.54) is 6.07 Å². The fourth-order valence-corrected chi connectivity index (χ4v) is 4.24. The molecular weight excluding hydrogens is 366 g/mol. The largest absolute Gasteiger partial charge is 0.481 e. The van der Waals surface area contributed by atoms with Crippen molar-refractivity contribution in [1.29, 1.82) is 0 Å². The van der Waals surface area contributed by atoms with Gasteiger partial charge in [-0.15, -0.1) is 0 Å². The first-order valence-corrected chi connectivity index (χ1v) is 10.4. The zero-order valence-electron chi connectivity index (χ0n) is 15.3. The zero-order valence-corrected chi connectivity index (χ0v) is 16.1. The van der Waals surface area contributed by atoms with Crippen molar-refractivity contribution in [3.8, 4) is 0 Å². The molecule has 2 aromatic carbocycles. The van der Waals surface area contributed by atoms with Gasteiger partial charge < -0.3 is 10.4 Å². The molecular formula is C20H21NO5S. The highest BCUT2D eigenvalue weighted by Gasteiger charge is 2.36. The Hall–Kier alpha value is -2.67. The van der Waals surface area contributed by atoms with Crippen molar-refractivity contribution >= 4 is 21.7 Å². The molecule has 0 spiro atoms. The van der Waals surface area contributed by atoms with Gasteiger partial charge in [0.2, 0.25) is 0 Å². The standard InChI is InChI=1S/C20H21NO5S/c1-11-8-13(27(3,25)26)9-16(12(11)2)19(22)21-18-10-17(20(23)24)14-6-4-5-7-15(14)18/h4-9,17-18H,10H2,1-3H3,(H,21,22)(H,23,24). The second-order valence-electron chi connectivity index (χ2n) is 6.97. The van der Waals surface area contributed by atoms with Gasteiger partial charge in [0.05, 0.1) is 16.9 Å². The summed E-state index contributed by atoms with van der Waals surface area (Å²) in [7, 11) is -3.45. The lowest BCUT2D eigenvalue weighted by Crippen LogP contribution is -2.28. The molecule has 0 bridgehead atoms. The highest BCUT2D eigenvalue weighted by Crippen LogP contribution is 2.40. The lowest BCUT2D eigenvalue weighted by Gasteiger charge is -2.17. The van der Waals surface area contributed by atoms with Gasteiger partial charge in [-0.3, -0.25) is 9.59 Å². The molecule has 2 N–H and O–H groups in total. The molecule has 27 heavy (non-hydrogen) atoms. The fourth-order valence-electron chi connectivity index (χ4n) is 3.52. The molecule has 3 rings (SSSR count). The molecule has 1 aliphatic carbocycles. The van der Waals surface area contributed by atoms with E-state index < -0.39 is 33.7 Å². The maximum absolute atomic E-state index is 12.9. The van der Waals surface area contributed by atoms with E-state index in [-0.39, 0.29) is 16.9 Å². The molecule has 2 unspecified atom stereocenters. The van der Waals surface area contributed by atoms with Crippen molar-refractivity contribution in [2.45, 2.75) is 37.1 Å². The zero-order chi connectivity index (χ0) is 19.9. The topological polar surface area (TPSA) is 101 Å². The molecule has 0 fully saturated rings. The Labute approximate surface area is 158 Å². The van der Waals surface area contributed by atoms with Gasteiger partial charge in [0.25, 0.3) is 5.91 Å². The van der Waals surface area contributed by atoms with E-state index in [0.29, 0.717) is 16.7 Å². The Balaban J connectivity index is 1.95. The molecule has 7 heteroatoms. The first-order valence-electron chi connectivity index (χ1n) is 8.53. The summed E-state index contributed by atoms with van der Waals surface area (Å²) < 4.78 is 23.8. The number of hydrogen-bond acceptors (Lipinski definition) is 4. The van der Waals surface area contributed by atoms with E-state index in [9.17, 15) is 23.1 Å². The molecule has 6 nitrogen and oxygen atoms in total. The molecule has 1 amide bonds. The van der Waals surface area contributed by atoms with Gasteiger partial charge in [-0.1, -0.05) is 24.3 Å². The summed E-state index contributed by atoms with van der Waals surface area (Å²) >= 11 is 0. The van der Waals surface area contributed by atoms with Gasteiger partial charge in [0.1, 0.15) is 0 Å². The van der Waals surface area contributed by atoms with Crippen molar-refractivity contribution in [2.24, 2.45) is 0 Å². The van der Waals surface area contributed by atoms with Gasteiger partial charge in [0, 0.05) is 11.8 Å². The van der Waals surface area contributed by atoms with Crippen LogP contribution in [0.5, 0.6) is 0 Å². The number of nitrogens with one attached hydrogen (secondary N) is 1. The van der Waals surface area contributed by atoms with Gasteiger partial charge in [-0.25, -0.2) is 8.42 Å². The number of carbonyl (C=O) groups excluding carboxylic acids is 1. The van der Waals surface area contributed by atoms with Crippen LogP contribution in [0, 0.1) is 13.8 Å². The number of aryl methyl sites for hydroxylation is 1. The number of hydrogen-bond donors (Lipinski definition) is 2. The van der Waals surface area contributed by atoms with E-state index >= 15 is 0 Å². The number of carbonyl (C=O) groups is 2. The number of benzene rings is 2. The predicted molar refractivity (Wildman–Crippen MR) is 101 cm³/mol. The molecule has 0 saturated heterocycles. The first-order chi connectivity index (χ1) is 12.6. The number of carboxylic acid groups (broad SMARTS) is 1. The van der Waals surface area contributed by atoms with Gasteiger partial charge in [-0.2, -0.15) is 0 Å². The summed E-state index contributed by atoms with van der Waals surface area (Å²) in [6.07, 6.45) is 1.37. The second kappa shape index (κ2) is 6.81. The van der Waals surface area contributed by atoms with Crippen LogP contribution < -0.4 is 5.32 Å². The maximum atomic E-state index is 12.9. The van der Waals surface area contributed by atoms with E-state index in [1.807, 2.05) is 12.1 Å². The normalized spacial score (nSPS) is 18.8. The Morgan fingerprint density at radius 3 is 2.33 bits per heavy atom. The molecule has 0 saturated carbocycles. The maximum Gasteiger partial charge on any atom is 0.311 e. The van der Waals surface area contributed by atoms with Crippen LogP contribution >= 0.6 is 0 Å². The quantitative estimate of drug-likeness (QED) is 0.840. The minimum Gasteiger partial charge on any atom is -0.481 e. The van der Waals surface area contributed by atoms with Gasteiger partial charge in [0.15, 0.2) is 9.84 Å². The Morgan fingerprint density at radius 2 is 1.74 bits per heavy atom. The minimum absolute atomic E-state index is 0.0889. The number of rotatable bonds is 4. The van der Waals surface area contributed by atoms with Crippen LogP contribution in [-0.2, 0) is 14.6 Å². The molecule has 142 valence electrons. The van der Waals surface area contributed by atoms with Crippen molar-refractivity contribution in [3.63, 3.8) is 0 Å². The summed E-state index contributed by atoms with van der Waals surface area (Å²) in [6.45, 7) is 3.52. The summed E-state index contributed by atoms with van der Waals surface area (Å²) in [5.74, 6) is -2.01. The summed E-state index contributed by atoms with van der Waals surface area (Å²) in [5, 5.41) is 12.3. The SMILES string of the molecule is Cc1cc(S(C)(=O)=O)cc(C(=O)NC2CC(C(=O)O)c3ccccc32)c1C. The van der Waals surface area contributed by atoms with Crippen LogP contribution in [0.4, 0.5) is 0 Å². The number of amides is 1. The van der Waals surface area contributed by atoms with Crippen LogP contribution in [-0.4, -0.2) is 31.7 Å². The molecule has 0 aromatic heterocycles. The van der Waals surface area contributed by atoms with Crippen LogP contribution in [0.3, 0.4) is 0 Å². The van der Waals surface area contributed by atoms with Crippen molar-refractivity contribution in [1.82, 2.24) is 5.32 Å². The number of fused-ring (bicyclic) bond motifs is 1. The Bertz CT molecular complexity index is 1040. The molecule has 2 atom stereocenters. The highest BCUT2D eigenvalue weighted by atomic mass is 32.2. The number of aliphatic carboxylic acids is 1. The predicted octanol–water partition coefficient (Wildman–Crippen LogP) is 2.75. The van der Waals surface area contributed by atoms with Crippen molar-refractivity contribution < 1.29 is 23.1 Å².